The highest BCUT2D eigenvalue weighted by Crippen LogP contribution is 2.33. The van der Waals surface area contributed by atoms with E-state index in [1.807, 2.05) is 66.7 Å². The van der Waals surface area contributed by atoms with E-state index < -0.39 is 12.0 Å². The van der Waals surface area contributed by atoms with Crippen molar-refractivity contribution in [1.82, 2.24) is 0 Å². The Balaban J connectivity index is 1.36. The molecule has 0 heterocycles. The van der Waals surface area contributed by atoms with Crippen LogP contribution >= 0.6 is 0 Å². The topological polar surface area (TPSA) is 78.9 Å². The van der Waals surface area contributed by atoms with E-state index in [0.29, 0.717) is 32.3 Å². The number of ketones is 1. The standard InChI is InChI=1S/C28H32O6/c1-32-23-15-13-22(14-16-23)19-33-27-17-26(30)24(25(27)18-29)11-7-2-3-8-12-28(31)34-20-21-9-5-4-6-10-21/h2,4-7,9-10,13-16,18,24-25,27H,3,8,11-12,17,19-20H2,1H3/t24-,25-,27-/m1/s1. The molecule has 0 N–H and O–H groups in total. The van der Waals surface area contributed by atoms with Gasteiger partial charge in [0.25, 0.3) is 0 Å². The third-order valence-corrected chi connectivity index (χ3v) is 6.04. The van der Waals surface area contributed by atoms with E-state index in [-0.39, 0.29) is 30.7 Å². The summed E-state index contributed by atoms with van der Waals surface area (Å²) < 4.78 is 16.3. The van der Waals surface area contributed by atoms with Gasteiger partial charge in [-0.25, -0.2) is 0 Å². The Morgan fingerprint density at radius 1 is 1.00 bits per heavy atom. The van der Waals surface area contributed by atoms with Crippen molar-refractivity contribution in [3.63, 3.8) is 0 Å². The van der Waals surface area contributed by atoms with Crippen molar-refractivity contribution in [2.75, 3.05) is 7.11 Å². The summed E-state index contributed by atoms with van der Waals surface area (Å²) in [5, 5.41) is 0. The lowest BCUT2D eigenvalue weighted by Gasteiger charge is -2.18. The molecule has 1 aliphatic carbocycles. The smallest absolute Gasteiger partial charge is 0.306 e. The second kappa shape index (κ2) is 13.5. The number of hydrogen-bond donors (Lipinski definition) is 0. The Labute approximate surface area is 200 Å². The maximum atomic E-state index is 12.5. The molecular formula is C28H32O6. The van der Waals surface area contributed by atoms with Crippen LogP contribution in [0.5, 0.6) is 5.75 Å². The zero-order chi connectivity index (χ0) is 24.2. The Hall–Kier alpha value is -3.25. The van der Waals surface area contributed by atoms with Crippen molar-refractivity contribution in [3.8, 4) is 5.75 Å². The number of ether oxygens (including phenoxy) is 3. The van der Waals surface area contributed by atoms with Gasteiger partial charge in [0.1, 0.15) is 24.4 Å². The van der Waals surface area contributed by atoms with Crippen LogP contribution in [0.4, 0.5) is 0 Å². The van der Waals surface area contributed by atoms with Gasteiger partial charge in [0, 0.05) is 18.8 Å². The number of unbranched alkanes of at least 4 members (excludes halogenated alkanes) is 1. The quantitative estimate of drug-likeness (QED) is 0.183. The fraction of sp³-hybridized carbons (Fsp3) is 0.393. The van der Waals surface area contributed by atoms with Crippen LogP contribution in [0.15, 0.2) is 66.7 Å². The molecule has 0 bridgehead atoms. The predicted molar refractivity (Wildman–Crippen MR) is 128 cm³/mol. The lowest BCUT2D eigenvalue weighted by Crippen LogP contribution is -2.24. The number of benzene rings is 2. The normalized spacial score (nSPS) is 19.9. The van der Waals surface area contributed by atoms with E-state index in [0.717, 1.165) is 23.2 Å². The number of Topliss-reactive ketones (excluding diaryl/α,β-unsaturated/α-hetero) is 1. The third kappa shape index (κ3) is 7.66. The molecule has 2 aromatic carbocycles. The highest BCUT2D eigenvalue weighted by Gasteiger charge is 2.42. The predicted octanol–water partition coefficient (Wildman–Crippen LogP) is 4.84. The van der Waals surface area contributed by atoms with Gasteiger partial charge in [0.15, 0.2) is 0 Å². The molecule has 180 valence electrons. The summed E-state index contributed by atoms with van der Waals surface area (Å²) in [7, 11) is 1.61. The molecule has 6 nitrogen and oxygen atoms in total. The summed E-state index contributed by atoms with van der Waals surface area (Å²) in [5.74, 6) is -0.192. The number of esters is 1. The van der Waals surface area contributed by atoms with Gasteiger partial charge >= 0.3 is 5.97 Å². The second-order valence-corrected chi connectivity index (χ2v) is 8.43. The molecule has 0 radical (unpaired) electrons. The minimum absolute atomic E-state index is 0.0611. The number of hydrogen-bond acceptors (Lipinski definition) is 6. The van der Waals surface area contributed by atoms with Crippen molar-refractivity contribution in [1.29, 1.82) is 0 Å². The van der Waals surface area contributed by atoms with Crippen LogP contribution in [-0.2, 0) is 37.1 Å². The van der Waals surface area contributed by atoms with Gasteiger partial charge in [-0.2, -0.15) is 0 Å². The molecule has 0 unspecified atom stereocenters. The maximum absolute atomic E-state index is 12.5. The summed E-state index contributed by atoms with van der Waals surface area (Å²) >= 11 is 0. The molecule has 2 aromatic rings. The van der Waals surface area contributed by atoms with Crippen LogP contribution in [0.25, 0.3) is 0 Å². The number of carbonyl (C=O) groups is 3. The summed E-state index contributed by atoms with van der Waals surface area (Å²) in [4.78, 5) is 36.1. The summed E-state index contributed by atoms with van der Waals surface area (Å²) in [6.07, 6.45) is 6.84. The highest BCUT2D eigenvalue weighted by atomic mass is 16.5. The zero-order valence-corrected chi connectivity index (χ0v) is 19.6. The molecule has 0 amide bonds. The average Bonchev–Trinajstić information content (AvgIpc) is 3.18. The minimum atomic E-state index is -0.441. The van der Waals surface area contributed by atoms with E-state index in [9.17, 15) is 14.4 Å². The van der Waals surface area contributed by atoms with E-state index in [2.05, 4.69) is 0 Å². The Bertz CT molecular complexity index is 951. The van der Waals surface area contributed by atoms with Crippen molar-refractivity contribution in [3.05, 3.63) is 77.9 Å². The van der Waals surface area contributed by atoms with Gasteiger partial charge in [0.2, 0.25) is 0 Å². The number of rotatable bonds is 13. The number of allylic oxidation sites excluding steroid dienone is 2. The Morgan fingerprint density at radius 3 is 2.44 bits per heavy atom. The van der Waals surface area contributed by atoms with Crippen LogP contribution < -0.4 is 4.74 Å². The second-order valence-electron chi connectivity index (χ2n) is 8.43. The SMILES string of the molecule is COc1ccc(CO[C@@H]2CC(=O)[C@H](CC=CCCCC(=O)OCc3ccccc3)[C@H]2C=O)cc1. The summed E-state index contributed by atoms with van der Waals surface area (Å²) in [6, 6.07) is 17.1. The van der Waals surface area contributed by atoms with E-state index >= 15 is 0 Å². The molecule has 0 aromatic heterocycles. The monoisotopic (exact) mass is 464 g/mol. The molecule has 0 aliphatic heterocycles. The largest absolute Gasteiger partial charge is 0.497 e. The van der Waals surface area contributed by atoms with Crippen molar-refractivity contribution in [2.45, 2.75) is 51.4 Å². The van der Waals surface area contributed by atoms with Gasteiger partial charge in [-0.15, -0.1) is 0 Å². The first-order valence-corrected chi connectivity index (χ1v) is 11.7. The minimum Gasteiger partial charge on any atom is -0.497 e. The van der Waals surface area contributed by atoms with E-state index in [4.69, 9.17) is 14.2 Å². The lowest BCUT2D eigenvalue weighted by molar-refractivity contribution is -0.145. The van der Waals surface area contributed by atoms with Gasteiger partial charge in [-0.1, -0.05) is 54.6 Å². The van der Waals surface area contributed by atoms with Crippen molar-refractivity contribution in [2.24, 2.45) is 11.8 Å². The van der Waals surface area contributed by atoms with Crippen LogP contribution in [-0.4, -0.2) is 31.3 Å². The van der Waals surface area contributed by atoms with Crippen molar-refractivity contribution < 1.29 is 28.6 Å². The fourth-order valence-corrected chi connectivity index (χ4v) is 4.06. The summed E-state index contributed by atoms with van der Waals surface area (Å²) in [6.45, 7) is 0.628. The van der Waals surface area contributed by atoms with Crippen LogP contribution in [0, 0.1) is 11.8 Å². The van der Waals surface area contributed by atoms with Gasteiger partial charge in [-0.3, -0.25) is 9.59 Å². The Morgan fingerprint density at radius 2 is 1.74 bits per heavy atom. The first kappa shape index (κ1) is 25.4. The van der Waals surface area contributed by atoms with Gasteiger partial charge < -0.3 is 19.0 Å². The van der Waals surface area contributed by atoms with E-state index in [1.165, 1.54) is 0 Å². The third-order valence-electron chi connectivity index (χ3n) is 6.04. The molecule has 34 heavy (non-hydrogen) atoms. The van der Waals surface area contributed by atoms with Crippen molar-refractivity contribution >= 4 is 18.0 Å². The van der Waals surface area contributed by atoms with Gasteiger partial charge in [0.05, 0.1) is 25.7 Å². The average molecular weight is 465 g/mol. The molecular weight excluding hydrogens is 432 g/mol. The lowest BCUT2D eigenvalue weighted by atomic mass is 9.92. The molecule has 1 fully saturated rings. The number of methoxy groups -OCH3 is 1. The fourth-order valence-electron chi connectivity index (χ4n) is 4.06. The van der Waals surface area contributed by atoms with Gasteiger partial charge in [-0.05, 0) is 42.5 Å². The van der Waals surface area contributed by atoms with Crippen LogP contribution in [0.3, 0.4) is 0 Å². The molecule has 1 aliphatic rings. The number of carbonyl (C=O) groups excluding carboxylic acids is 3. The summed E-state index contributed by atoms with van der Waals surface area (Å²) in [5.41, 5.74) is 1.93. The van der Waals surface area contributed by atoms with E-state index in [1.54, 1.807) is 7.11 Å². The van der Waals surface area contributed by atoms with Crippen LogP contribution in [0.1, 0.15) is 43.2 Å². The zero-order valence-electron chi connectivity index (χ0n) is 19.6. The molecule has 3 atom stereocenters. The molecule has 0 saturated heterocycles. The molecule has 6 heteroatoms. The Kier molecular flexibility index (Phi) is 10.0. The molecule has 3 rings (SSSR count). The number of aldehydes is 1. The molecule has 1 saturated carbocycles. The first-order chi connectivity index (χ1) is 16.6. The van der Waals surface area contributed by atoms with Crippen LogP contribution in [0.2, 0.25) is 0 Å². The maximum Gasteiger partial charge on any atom is 0.306 e. The highest BCUT2D eigenvalue weighted by molar-refractivity contribution is 5.88. The molecule has 0 spiro atoms. The first-order valence-electron chi connectivity index (χ1n) is 11.7.